The Morgan fingerprint density at radius 1 is 1.69 bits per heavy atom. The number of hydrogen-bond acceptors (Lipinski definition) is 3. The first kappa shape index (κ1) is 10.5. The quantitative estimate of drug-likeness (QED) is 0.662. The maximum absolute atomic E-state index is 10.9. The smallest absolute Gasteiger partial charge is 0.303 e. The third-order valence-corrected chi connectivity index (χ3v) is 2.78. The minimum Gasteiger partial charge on any atom is -0.458 e. The van der Waals surface area contributed by atoms with Crippen molar-refractivity contribution in [3.8, 4) is 0 Å². The molecule has 3 heteroatoms. The molecule has 1 aliphatic carbocycles. The van der Waals surface area contributed by atoms with Crippen molar-refractivity contribution in [2.75, 3.05) is 6.54 Å². The molecule has 0 aromatic carbocycles. The SMILES string of the molecule is CC(=O)OC1(CN)CCCC(C)C1. The van der Waals surface area contributed by atoms with E-state index in [1.165, 1.54) is 13.3 Å². The van der Waals surface area contributed by atoms with Crippen molar-refractivity contribution >= 4 is 5.97 Å². The predicted octanol–water partition coefficient (Wildman–Crippen LogP) is 1.46. The van der Waals surface area contributed by atoms with Crippen LogP contribution in [0.2, 0.25) is 0 Å². The molecular weight excluding hydrogens is 166 g/mol. The standard InChI is InChI=1S/C10H19NO2/c1-8-4-3-5-10(6-8,7-11)13-9(2)12/h8H,3-7,11H2,1-2H3. The average Bonchev–Trinajstić information content (AvgIpc) is 2.03. The molecular formula is C10H19NO2. The number of hydrogen-bond donors (Lipinski definition) is 1. The molecule has 0 aromatic heterocycles. The molecule has 0 aliphatic heterocycles. The summed E-state index contributed by atoms with van der Waals surface area (Å²) in [5.41, 5.74) is 5.31. The van der Waals surface area contributed by atoms with Gasteiger partial charge < -0.3 is 10.5 Å². The largest absolute Gasteiger partial charge is 0.458 e. The van der Waals surface area contributed by atoms with E-state index in [0.717, 1.165) is 19.3 Å². The molecule has 0 radical (unpaired) electrons. The molecule has 0 saturated heterocycles. The van der Waals surface area contributed by atoms with Crippen LogP contribution in [0, 0.1) is 5.92 Å². The molecule has 2 atom stereocenters. The Morgan fingerprint density at radius 2 is 2.38 bits per heavy atom. The molecule has 1 rings (SSSR count). The fourth-order valence-corrected chi connectivity index (χ4v) is 2.24. The third-order valence-electron chi connectivity index (χ3n) is 2.78. The van der Waals surface area contributed by atoms with Crippen molar-refractivity contribution in [3.63, 3.8) is 0 Å². The number of carbonyl (C=O) groups is 1. The highest BCUT2D eigenvalue weighted by Crippen LogP contribution is 2.34. The van der Waals surface area contributed by atoms with Crippen LogP contribution in [0.4, 0.5) is 0 Å². The summed E-state index contributed by atoms with van der Waals surface area (Å²) in [7, 11) is 0. The summed E-state index contributed by atoms with van der Waals surface area (Å²) in [6.07, 6.45) is 4.19. The zero-order valence-corrected chi connectivity index (χ0v) is 8.51. The molecule has 1 aliphatic rings. The molecule has 13 heavy (non-hydrogen) atoms. The number of ether oxygens (including phenoxy) is 1. The van der Waals surface area contributed by atoms with E-state index in [-0.39, 0.29) is 11.6 Å². The summed E-state index contributed by atoms with van der Waals surface area (Å²) in [4.78, 5) is 10.9. The third kappa shape index (κ3) is 2.69. The van der Waals surface area contributed by atoms with Gasteiger partial charge in [-0.15, -0.1) is 0 Å². The summed E-state index contributed by atoms with van der Waals surface area (Å²) >= 11 is 0. The minimum absolute atomic E-state index is 0.209. The molecule has 3 nitrogen and oxygen atoms in total. The first-order valence-corrected chi connectivity index (χ1v) is 4.98. The van der Waals surface area contributed by atoms with Crippen molar-refractivity contribution in [1.29, 1.82) is 0 Å². The molecule has 1 fully saturated rings. The average molecular weight is 185 g/mol. The van der Waals surface area contributed by atoms with Crippen LogP contribution in [-0.4, -0.2) is 18.1 Å². The van der Waals surface area contributed by atoms with Gasteiger partial charge in [0.2, 0.25) is 0 Å². The van der Waals surface area contributed by atoms with Crippen molar-refractivity contribution < 1.29 is 9.53 Å². The van der Waals surface area contributed by atoms with Crippen LogP contribution in [0.15, 0.2) is 0 Å². The molecule has 0 amide bonds. The Hall–Kier alpha value is -0.570. The van der Waals surface area contributed by atoms with E-state index in [1.54, 1.807) is 0 Å². The van der Waals surface area contributed by atoms with Gasteiger partial charge in [-0.05, 0) is 25.2 Å². The lowest BCUT2D eigenvalue weighted by Gasteiger charge is -2.38. The number of esters is 1. The van der Waals surface area contributed by atoms with Crippen molar-refractivity contribution in [1.82, 2.24) is 0 Å². The van der Waals surface area contributed by atoms with Crippen LogP contribution in [0.25, 0.3) is 0 Å². The molecule has 0 heterocycles. The molecule has 2 N–H and O–H groups in total. The molecule has 0 aromatic rings. The van der Waals surface area contributed by atoms with Gasteiger partial charge in [0.05, 0.1) is 0 Å². The van der Waals surface area contributed by atoms with Gasteiger partial charge in [0.15, 0.2) is 0 Å². The van der Waals surface area contributed by atoms with Crippen LogP contribution in [0.5, 0.6) is 0 Å². The van der Waals surface area contributed by atoms with Crippen molar-refractivity contribution in [2.45, 2.75) is 45.1 Å². The Labute approximate surface area is 79.6 Å². The topological polar surface area (TPSA) is 52.3 Å². The zero-order valence-electron chi connectivity index (χ0n) is 8.51. The highest BCUT2D eigenvalue weighted by Gasteiger charge is 2.36. The highest BCUT2D eigenvalue weighted by atomic mass is 16.6. The number of carbonyl (C=O) groups excluding carboxylic acids is 1. The maximum Gasteiger partial charge on any atom is 0.303 e. The van der Waals surface area contributed by atoms with E-state index in [4.69, 9.17) is 10.5 Å². The Balaban J connectivity index is 2.61. The summed E-state index contributed by atoms with van der Waals surface area (Å²) in [6.45, 7) is 4.10. The molecule has 0 bridgehead atoms. The van der Waals surface area contributed by atoms with Gasteiger partial charge in [0.25, 0.3) is 0 Å². The molecule has 2 unspecified atom stereocenters. The van der Waals surface area contributed by atoms with Gasteiger partial charge in [0.1, 0.15) is 5.60 Å². The van der Waals surface area contributed by atoms with E-state index >= 15 is 0 Å². The Morgan fingerprint density at radius 3 is 2.85 bits per heavy atom. The lowest BCUT2D eigenvalue weighted by atomic mass is 9.79. The Bertz CT molecular complexity index is 193. The summed E-state index contributed by atoms with van der Waals surface area (Å²) in [5, 5.41) is 0. The van der Waals surface area contributed by atoms with Crippen LogP contribution >= 0.6 is 0 Å². The van der Waals surface area contributed by atoms with E-state index in [0.29, 0.717) is 12.5 Å². The summed E-state index contributed by atoms with van der Waals surface area (Å²) in [5.74, 6) is 0.413. The van der Waals surface area contributed by atoms with Gasteiger partial charge >= 0.3 is 5.97 Å². The minimum atomic E-state index is -0.358. The van der Waals surface area contributed by atoms with Crippen LogP contribution in [-0.2, 0) is 9.53 Å². The monoisotopic (exact) mass is 185 g/mol. The van der Waals surface area contributed by atoms with E-state index in [9.17, 15) is 4.79 Å². The lowest BCUT2D eigenvalue weighted by molar-refractivity contribution is -0.160. The van der Waals surface area contributed by atoms with Gasteiger partial charge in [-0.2, -0.15) is 0 Å². The number of nitrogens with two attached hydrogens (primary N) is 1. The summed E-state index contributed by atoms with van der Waals surface area (Å²) < 4.78 is 5.33. The van der Waals surface area contributed by atoms with Gasteiger partial charge in [0, 0.05) is 13.5 Å². The van der Waals surface area contributed by atoms with E-state index < -0.39 is 0 Å². The normalized spacial score (nSPS) is 34.2. The summed E-state index contributed by atoms with van der Waals surface area (Å²) in [6, 6.07) is 0. The molecule has 1 saturated carbocycles. The van der Waals surface area contributed by atoms with Crippen molar-refractivity contribution in [2.24, 2.45) is 11.7 Å². The first-order valence-electron chi connectivity index (χ1n) is 4.98. The molecule has 0 spiro atoms. The Kier molecular flexibility index (Phi) is 3.31. The number of rotatable bonds is 2. The molecule has 76 valence electrons. The van der Waals surface area contributed by atoms with Gasteiger partial charge in [-0.25, -0.2) is 0 Å². The second-order valence-electron chi connectivity index (χ2n) is 4.18. The van der Waals surface area contributed by atoms with Gasteiger partial charge in [-0.1, -0.05) is 13.3 Å². The highest BCUT2D eigenvalue weighted by molar-refractivity contribution is 5.66. The predicted molar refractivity (Wildman–Crippen MR) is 51.2 cm³/mol. The van der Waals surface area contributed by atoms with Crippen LogP contribution in [0.3, 0.4) is 0 Å². The van der Waals surface area contributed by atoms with E-state index in [2.05, 4.69) is 6.92 Å². The fourth-order valence-electron chi connectivity index (χ4n) is 2.24. The second kappa shape index (κ2) is 4.09. The zero-order chi connectivity index (χ0) is 9.90. The van der Waals surface area contributed by atoms with Crippen LogP contribution < -0.4 is 5.73 Å². The van der Waals surface area contributed by atoms with Gasteiger partial charge in [-0.3, -0.25) is 4.79 Å². The van der Waals surface area contributed by atoms with Crippen molar-refractivity contribution in [3.05, 3.63) is 0 Å². The first-order chi connectivity index (χ1) is 6.08. The second-order valence-corrected chi connectivity index (χ2v) is 4.18. The fraction of sp³-hybridized carbons (Fsp3) is 0.900. The maximum atomic E-state index is 10.9. The van der Waals surface area contributed by atoms with E-state index in [1.807, 2.05) is 0 Å². The van der Waals surface area contributed by atoms with Crippen LogP contribution in [0.1, 0.15) is 39.5 Å². The lowest BCUT2D eigenvalue weighted by Crippen LogP contribution is -2.45.